The lowest BCUT2D eigenvalue weighted by atomic mass is 9.59. The quantitative estimate of drug-likeness (QED) is 0.557. The van der Waals surface area contributed by atoms with Gasteiger partial charge in [0.05, 0.1) is 0 Å². The molecule has 0 aromatic rings. The fraction of sp³-hybridized carbons (Fsp3) is 0.857. The summed E-state index contributed by atoms with van der Waals surface area (Å²) in [5.41, 5.74) is -1.12. The van der Waals surface area contributed by atoms with E-state index in [1.165, 1.54) is 0 Å². The standard InChI is InChI=1S/C14H20O4/c1-9-4-5-12(2)8-14(6-7-15)10(16)17-11(18-14)13(9,12)3/h7,9,11H,4-6,8H2,1-3H3. The van der Waals surface area contributed by atoms with Crippen molar-refractivity contribution in [3.63, 3.8) is 0 Å². The SMILES string of the molecule is CC1CCC2(C)CC3(CC=O)OC(OC3=O)C12C. The number of fused-ring (bicyclic) bond motifs is 4. The first kappa shape index (κ1) is 12.2. The molecule has 2 bridgehead atoms. The molecule has 1 saturated carbocycles. The van der Waals surface area contributed by atoms with E-state index in [0.29, 0.717) is 12.3 Å². The molecule has 2 saturated heterocycles. The minimum absolute atomic E-state index is 0.0184. The molecule has 4 heteroatoms. The Morgan fingerprint density at radius 3 is 2.83 bits per heavy atom. The summed E-state index contributed by atoms with van der Waals surface area (Å²) in [5.74, 6) is 0.122. The Bertz CT molecular complexity index is 420. The predicted molar refractivity (Wildman–Crippen MR) is 63.6 cm³/mol. The maximum absolute atomic E-state index is 12.1. The molecule has 2 heterocycles. The molecule has 3 aliphatic rings. The molecule has 5 atom stereocenters. The molecule has 5 unspecified atom stereocenters. The molecule has 100 valence electrons. The lowest BCUT2D eigenvalue weighted by Gasteiger charge is -2.51. The van der Waals surface area contributed by atoms with Crippen LogP contribution in [0.5, 0.6) is 0 Å². The molecular weight excluding hydrogens is 232 g/mol. The van der Waals surface area contributed by atoms with Crippen LogP contribution < -0.4 is 0 Å². The number of ether oxygens (including phenoxy) is 2. The number of hydrogen-bond acceptors (Lipinski definition) is 4. The maximum atomic E-state index is 12.1. The lowest BCUT2D eigenvalue weighted by molar-refractivity contribution is -0.243. The Balaban J connectivity index is 2.06. The van der Waals surface area contributed by atoms with Gasteiger partial charge >= 0.3 is 5.97 Å². The van der Waals surface area contributed by atoms with Crippen LogP contribution in [0.2, 0.25) is 0 Å². The van der Waals surface area contributed by atoms with Crippen molar-refractivity contribution in [2.45, 2.75) is 58.3 Å². The molecule has 3 fully saturated rings. The summed E-state index contributed by atoms with van der Waals surface area (Å²) in [4.78, 5) is 22.9. The summed E-state index contributed by atoms with van der Waals surface area (Å²) in [7, 11) is 0. The monoisotopic (exact) mass is 252 g/mol. The van der Waals surface area contributed by atoms with Gasteiger partial charge in [-0.15, -0.1) is 0 Å². The highest BCUT2D eigenvalue weighted by atomic mass is 16.8. The van der Waals surface area contributed by atoms with E-state index >= 15 is 0 Å². The normalized spacial score (nSPS) is 54.1. The first-order chi connectivity index (χ1) is 8.38. The fourth-order valence-corrected chi connectivity index (χ4v) is 4.30. The van der Waals surface area contributed by atoms with E-state index in [1.807, 2.05) is 0 Å². The topological polar surface area (TPSA) is 52.6 Å². The zero-order valence-corrected chi connectivity index (χ0v) is 11.2. The molecule has 18 heavy (non-hydrogen) atoms. The Labute approximate surface area is 107 Å². The fourth-order valence-electron chi connectivity index (χ4n) is 4.30. The average Bonchev–Trinajstić information content (AvgIpc) is 2.71. The van der Waals surface area contributed by atoms with Gasteiger partial charge in [-0.05, 0) is 30.6 Å². The number of carbonyl (C=O) groups excluding carboxylic acids is 2. The second kappa shape index (κ2) is 3.35. The Hall–Kier alpha value is -0.900. The number of rotatable bonds is 2. The first-order valence-electron chi connectivity index (χ1n) is 6.70. The van der Waals surface area contributed by atoms with E-state index in [2.05, 4.69) is 20.8 Å². The number of carbonyl (C=O) groups is 2. The summed E-state index contributed by atoms with van der Waals surface area (Å²) in [6, 6.07) is 0. The van der Waals surface area contributed by atoms with Gasteiger partial charge in [-0.2, -0.15) is 0 Å². The van der Waals surface area contributed by atoms with Crippen LogP contribution in [0.3, 0.4) is 0 Å². The largest absolute Gasteiger partial charge is 0.433 e. The highest BCUT2D eigenvalue weighted by Gasteiger charge is 2.71. The number of esters is 1. The van der Waals surface area contributed by atoms with Crippen LogP contribution in [0.25, 0.3) is 0 Å². The summed E-state index contributed by atoms with van der Waals surface area (Å²) < 4.78 is 11.4. The van der Waals surface area contributed by atoms with Crippen LogP contribution >= 0.6 is 0 Å². The summed E-state index contributed by atoms with van der Waals surface area (Å²) in [5, 5.41) is 0. The molecule has 1 aliphatic carbocycles. The molecule has 0 amide bonds. The second-order valence-electron chi connectivity index (χ2n) is 6.68. The van der Waals surface area contributed by atoms with Gasteiger partial charge in [-0.25, -0.2) is 4.79 Å². The van der Waals surface area contributed by atoms with E-state index in [9.17, 15) is 9.59 Å². The lowest BCUT2D eigenvalue weighted by Crippen LogP contribution is -2.55. The Morgan fingerprint density at radius 2 is 2.17 bits per heavy atom. The third-order valence-electron chi connectivity index (χ3n) is 5.95. The highest BCUT2D eigenvalue weighted by Crippen LogP contribution is 2.67. The minimum Gasteiger partial charge on any atom is -0.433 e. The van der Waals surface area contributed by atoms with Crippen molar-refractivity contribution in [1.82, 2.24) is 0 Å². The molecular formula is C14H20O4. The van der Waals surface area contributed by atoms with Crippen molar-refractivity contribution in [1.29, 1.82) is 0 Å². The van der Waals surface area contributed by atoms with Crippen LogP contribution in [-0.2, 0) is 19.1 Å². The average molecular weight is 252 g/mol. The zero-order chi connectivity index (χ0) is 13.2. The summed E-state index contributed by atoms with van der Waals surface area (Å²) >= 11 is 0. The molecule has 0 radical (unpaired) electrons. The van der Waals surface area contributed by atoms with Crippen molar-refractivity contribution in [3.05, 3.63) is 0 Å². The maximum Gasteiger partial charge on any atom is 0.341 e. The molecule has 0 aromatic carbocycles. The second-order valence-corrected chi connectivity index (χ2v) is 6.68. The molecule has 0 spiro atoms. The van der Waals surface area contributed by atoms with Gasteiger partial charge in [0, 0.05) is 11.8 Å². The minimum atomic E-state index is -1.01. The van der Waals surface area contributed by atoms with Crippen molar-refractivity contribution < 1.29 is 19.1 Å². The van der Waals surface area contributed by atoms with E-state index in [4.69, 9.17) is 9.47 Å². The third kappa shape index (κ3) is 1.15. The van der Waals surface area contributed by atoms with E-state index in [0.717, 1.165) is 19.1 Å². The summed E-state index contributed by atoms with van der Waals surface area (Å²) in [6.07, 6.45) is 3.20. The highest BCUT2D eigenvalue weighted by molar-refractivity contribution is 5.84. The van der Waals surface area contributed by atoms with Crippen LogP contribution in [0.15, 0.2) is 0 Å². The Kier molecular flexibility index (Phi) is 2.26. The van der Waals surface area contributed by atoms with Crippen molar-refractivity contribution in [2.24, 2.45) is 16.7 Å². The Morgan fingerprint density at radius 1 is 1.44 bits per heavy atom. The van der Waals surface area contributed by atoms with Crippen molar-refractivity contribution in [2.75, 3.05) is 0 Å². The van der Waals surface area contributed by atoms with E-state index in [1.54, 1.807) is 0 Å². The van der Waals surface area contributed by atoms with Gasteiger partial charge < -0.3 is 14.3 Å². The zero-order valence-electron chi connectivity index (χ0n) is 11.2. The molecule has 0 aromatic heterocycles. The molecule has 4 nitrogen and oxygen atoms in total. The van der Waals surface area contributed by atoms with Crippen LogP contribution in [0.1, 0.15) is 46.5 Å². The molecule has 0 N–H and O–H groups in total. The van der Waals surface area contributed by atoms with Crippen molar-refractivity contribution >= 4 is 12.3 Å². The first-order valence-corrected chi connectivity index (χ1v) is 6.70. The van der Waals surface area contributed by atoms with Gasteiger partial charge in [0.2, 0.25) is 6.29 Å². The summed E-state index contributed by atoms with van der Waals surface area (Å²) in [6.45, 7) is 6.58. The van der Waals surface area contributed by atoms with Gasteiger partial charge in [0.25, 0.3) is 0 Å². The van der Waals surface area contributed by atoms with E-state index in [-0.39, 0.29) is 23.2 Å². The van der Waals surface area contributed by atoms with Crippen LogP contribution in [0, 0.1) is 16.7 Å². The molecule has 2 aliphatic heterocycles. The predicted octanol–water partition coefficient (Wildman–Crippen LogP) is 2.06. The number of hydrogen-bond donors (Lipinski definition) is 0. The van der Waals surface area contributed by atoms with Gasteiger partial charge in [-0.3, -0.25) is 0 Å². The van der Waals surface area contributed by atoms with E-state index < -0.39 is 11.9 Å². The third-order valence-corrected chi connectivity index (χ3v) is 5.95. The van der Waals surface area contributed by atoms with Crippen LogP contribution in [-0.4, -0.2) is 24.1 Å². The molecule has 3 rings (SSSR count). The van der Waals surface area contributed by atoms with Gasteiger partial charge in [0.15, 0.2) is 5.60 Å². The van der Waals surface area contributed by atoms with Crippen molar-refractivity contribution in [3.8, 4) is 0 Å². The van der Waals surface area contributed by atoms with Gasteiger partial charge in [0.1, 0.15) is 6.29 Å². The smallest absolute Gasteiger partial charge is 0.341 e. The number of aldehydes is 1. The van der Waals surface area contributed by atoms with Crippen LogP contribution in [0.4, 0.5) is 0 Å². The van der Waals surface area contributed by atoms with Gasteiger partial charge in [-0.1, -0.05) is 20.8 Å².